The molecule has 1 aromatic carbocycles. The second-order valence-electron chi connectivity index (χ2n) is 5.13. The Balaban J connectivity index is 0.00000172. The normalized spacial score (nSPS) is 10.4. The van der Waals surface area contributed by atoms with Crippen LogP contribution in [0.2, 0.25) is 0 Å². The Morgan fingerprint density at radius 3 is 1.80 bits per heavy atom. The predicted octanol–water partition coefficient (Wildman–Crippen LogP) is 5.38. The highest BCUT2D eigenvalue weighted by molar-refractivity contribution is 7.74. The van der Waals surface area contributed by atoms with E-state index in [0.717, 1.165) is 28.7 Å². The van der Waals surface area contributed by atoms with Crippen molar-refractivity contribution < 1.29 is 0 Å². The van der Waals surface area contributed by atoms with Gasteiger partial charge in [0.15, 0.2) is 0 Å². The molecule has 0 aromatic heterocycles. The zero-order chi connectivity index (χ0) is 15.9. The second-order valence-corrected chi connectivity index (χ2v) is 5.95. The van der Waals surface area contributed by atoms with E-state index in [1.165, 1.54) is 17.8 Å². The Morgan fingerprint density at radius 2 is 1.40 bits per heavy atom. The standard InChI is InChI=1S/C14H24N2S2.C2H6/c1-6-16(7-2)12-11(13(17)14(12)18)15(5)9-8-10(3)4;1-2/h10H,6-9H2,1-5H3;1-2H3. The van der Waals surface area contributed by atoms with Crippen LogP contribution >= 0.6 is 24.4 Å². The van der Waals surface area contributed by atoms with Gasteiger partial charge in [-0.05, 0) is 26.2 Å². The predicted molar refractivity (Wildman–Crippen MR) is 98.1 cm³/mol. The van der Waals surface area contributed by atoms with Gasteiger partial charge < -0.3 is 9.80 Å². The van der Waals surface area contributed by atoms with Crippen molar-refractivity contribution in [1.29, 1.82) is 0 Å². The van der Waals surface area contributed by atoms with Crippen molar-refractivity contribution in [2.24, 2.45) is 5.92 Å². The van der Waals surface area contributed by atoms with Crippen molar-refractivity contribution in [3.63, 3.8) is 0 Å². The molecule has 2 nitrogen and oxygen atoms in total. The molecular formula is C16H30N2S2. The lowest BCUT2D eigenvalue weighted by Crippen LogP contribution is -2.29. The number of anilines is 2. The maximum absolute atomic E-state index is 5.41. The summed E-state index contributed by atoms with van der Waals surface area (Å²) in [5.41, 5.74) is 2.37. The fourth-order valence-corrected chi connectivity index (χ4v) is 2.79. The number of rotatable bonds is 7. The van der Waals surface area contributed by atoms with Crippen LogP contribution in [-0.2, 0) is 0 Å². The van der Waals surface area contributed by atoms with Crippen LogP contribution < -0.4 is 9.80 Å². The molecule has 1 rings (SSSR count). The zero-order valence-corrected chi connectivity index (χ0v) is 15.7. The van der Waals surface area contributed by atoms with Gasteiger partial charge in [-0.1, -0.05) is 52.1 Å². The van der Waals surface area contributed by atoms with E-state index in [4.69, 9.17) is 24.4 Å². The number of hydrogen-bond acceptors (Lipinski definition) is 4. The Morgan fingerprint density at radius 1 is 0.950 bits per heavy atom. The van der Waals surface area contributed by atoms with Crippen molar-refractivity contribution in [2.45, 2.75) is 48.0 Å². The molecule has 0 saturated carbocycles. The molecule has 0 radical (unpaired) electrons. The van der Waals surface area contributed by atoms with E-state index >= 15 is 0 Å². The summed E-state index contributed by atoms with van der Waals surface area (Å²) in [6.45, 7) is 15.8. The molecule has 116 valence electrons. The summed E-state index contributed by atoms with van der Waals surface area (Å²) in [7, 11) is 2.12. The smallest absolute Gasteiger partial charge is 0.0835 e. The molecule has 0 aliphatic rings. The Labute approximate surface area is 135 Å². The SMILES string of the molecule is CC.CCN(CC)c1c(N(C)CCC(C)C)c(=S)c1=S. The minimum absolute atomic E-state index is 0.713. The molecule has 0 spiro atoms. The molecule has 0 saturated heterocycles. The fourth-order valence-electron chi connectivity index (χ4n) is 2.12. The summed E-state index contributed by atoms with van der Waals surface area (Å²) in [6.07, 6.45) is 1.18. The molecule has 0 aliphatic heterocycles. The van der Waals surface area contributed by atoms with Crippen LogP contribution in [0.4, 0.5) is 11.4 Å². The molecule has 0 heterocycles. The fraction of sp³-hybridized carbons (Fsp3) is 0.750. The molecular weight excluding hydrogens is 284 g/mol. The van der Waals surface area contributed by atoms with Gasteiger partial charge in [-0.25, -0.2) is 0 Å². The van der Waals surface area contributed by atoms with Gasteiger partial charge in [0, 0.05) is 26.7 Å². The van der Waals surface area contributed by atoms with Gasteiger partial charge in [-0.15, -0.1) is 0 Å². The minimum Gasteiger partial charge on any atom is -0.372 e. The first-order valence-electron chi connectivity index (χ1n) is 7.73. The lowest BCUT2D eigenvalue weighted by atomic mass is 10.1. The number of hydrogen-bond donors (Lipinski definition) is 0. The average molecular weight is 315 g/mol. The van der Waals surface area contributed by atoms with Crippen molar-refractivity contribution in [1.82, 2.24) is 0 Å². The third-order valence-corrected chi connectivity index (χ3v) is 4.29. The van der Waals surface area contributed by atoms with Crippen LogP contribution in [0.3, 0.4) is 0 Å². The third-order valence-electron chi connectivity index (χ3n) is 3.36. The first-order chi connectivity index (χ1) is 9.43. The van der Waals surface area contributed by atoms with Gasteiger partial charge in [0.1, 0.15) is 0 Å². The summed E-state index contributed by atoms with van der Waals surface area (Å²) in [4.78, 5) is 4.57. The van der Waals surface area contributed by atoms with E-state index in [-0.39, 0.29) is 0 Å². The van der Waals surface area contributed by atoms with Crippen LogP contribution in [0.5, 0.6) is 0 Å². The summed E-state index contributed by atoms with van der Waals surface area (Å²) in [5, 5.41) is 0. The van der Waals surface area contributed by atoms with Gasteiger partial charge >= 0.3 is 0 Å². The lowest BCUT2D eigenvalue weighted by molar-refractivity contribution is 0.584. The molecule has 0 N–H and O–H groups in total. The van der Waals surface area contributed by atoms with Crippen molar-refractivity contribution in [3.05, 3.63) is 9.02 Å². The molecule has 4 heteroatoms. The molecule has 0 amide bonds. The Kier molecular flexibility index (Phi) is 9.23. The molecule has 0 aliphatic carbocycles. The summed E-state index contributed by atoms with van der Waals surface area (Å²) in [5.74, 6) is 0.713. The maximum atomic E-state index is 5.41. The quantitative estimate of drug-likeness (QED) is 0.623. The molecule has 0 atom stereocenters. The van der Waals surface area contributed by atoms with Gasteiger partial charge in [0.2, 0.25) is 0 Å². The van der Waals surface area contributed by atoms with E-state index in [1.807, 2.05) is 13.8 Å². The largest absolute Gasteiger partial charge is 0.372 e. The average Bonchev–Trinajstić information content (AvgIpc) is 2.46. The van der Waals surface area contributed by atoms with E-state index in [1.54, 1.807) is 0 Å². The highest BCUT2D eigenvalue weighted by atomic mass is 32.1. The van der Waals surface area contributed by atoms with Crippen LogP contribution in [0.1, 0.15) is 48.0 Å². The van der Waals surface area contributed by atoms with Crippen LogP contribution in [-0.4, -0.2) is 26.7 Å². The lowest BCUT2D eigenvalue weighted by Gasteiger charge is -2.32. The van der Waals surface area contributed by atoms with Crippen molar-refractivity contribution >= 4 is 35.8 Å². The van der Waals surface area contributed by atoms with E-state index in [0.29, 0.717) is 5.92 Å². The van der Waals surface area contributed by atoms with Gasteiger partial charge in [-0.3, -0.25) is 0 Å². The monoisotopic (exact) mass is 314 g/mol. The topological polar surface area (TPSA) is 6.48 Å². The van der Waals surface area contributed by atoms with Crippen LogP contribution in [0.15, 0.2) is 0 Å². The third kappa shape index (κ3) is 4.52. The molecule has 20 heavy (non-hydrogen) atoms. The van der Waals surface area contributed by atoms with Crippen molar-refractivity contribution in [2.75, 3.05) is 36.5 Å². The number of nitrogens with zero attached hydrogens (tertiary/aromatic N) is 2. The molecule has 0 fully saturated rings. The van der Waals surface area contributed by atoms with Gasteiger partial charge in [-0.2, -0.15) is 0 Å². The summed E-state index contributed by atoms with van der Waals surface area (Å²) in [6, 6.07) is 0. The first-order valence-corrected chi connectivity index (χ1v) is 8.55. The highest BCUT2D eigenvalue weighted by Crippen LogP contribution is 2.38. The van der Waals surface area contributed by atoms with E-state index < -0.39 is 0 Å². The van der Waals surface area contributed by atoms with Crippen LogP contribution in [0.25, 0.3) is 0 Å². The van der Waals surface area contributed by atoms with Gasteiger partial charge in [0.05, 0.1) is 20.4 Å². The summed E-state index contributed by atoms with van der Waals surface area (Å²) < 4.78 is 1.75. The second kappa shape index (κ2) is 9.46. The summed E-state index contributed by atoms with van der Waals surface area (Å²) >= 11 is 10.8. The van der Waals surface area contributed by atoms with E-state index in [2.05, 4.69) is 44.5 Å². The van der Waals surface area contributed by atoms with Crippen molar-refractivity contribution in [3.8, 4) is 0 Å². The maximum Gasteiger partial charge on any atom is 0.0835 e. The van der Waals surface area contributed by atoms with Crippen LogP contribution in [0, 0.1) is 14.9 Å². The van der Waals surface area contributed by atoms with E-state index in [9.17, 15) is 0 Å². The first kappa shape index (κ1) is 19.5. The highest BCUT2D eigenvalue weighted by Gasteiger charge is 2.21. The molecule has 1 aromatic rings. The Bertz CT molecular complexity index is 455. The van der Waals surface area contributed by atoms with Gasteiger partial charge in [0.25, 0.3) is 0 Å². The zero-order valence-electron chi connectivity index (χ0n) is 14.1. The molecule has 0 unspecified atom stereocenters. The Hall–Kier alpha value is -0.480. The molecule has 0 bridgehead atoms. The minimum atomic E-state index is 0.713.